The molecule has 2 nitrogen and oxygen atoms in total. The first kappa shape index (κ1) is 14.2. The van der Waals surface area contributed by atoms with Gasteiger partial charge in [0.2, 0.25) is 0 Å². The van der Waals surface area contributed by atoms with E-state index in [1.54, 1.807) is 11.3 Å². The Hall–Kier alpha value is 0.1000. The number of nitrogens with one attached hydrogen (secondary N) is 1. The van der Waals surface area contributed by atoms with Crippen LogP contribution in [-0.4, -0.2) is 18.8 Å². The average molecular weight is 306 g/mol. The zero-order chi connectivity index (χ0) is 12.2. The molecule has 0 amide bonds. The van der Waals surface area contributed by atoms with Crippen LogP contribution in [0.15, 0.2) is 15.2 Å². The van der Waals surface area contributed by atoms with E-state index in [-0.39, 0.29) is 11.6 Å². The molecule has 4 heteroatoms. The molecule has 92 valence electrons. The molecular weight excluding hydrogens is 286 g/mol. The number of rotatable bonds is 6. The molecule has 1 atom stereocenters. The van der Waals surface area contributed by atoms with Crippen LogP contribution in [0.3, 0.4) is 0 Å². The lowest BCUT2D eigenvalue weighted by atomic mass is 9.93. The topological polar surface area (TPSA) is 21.3 Å². The highest BCUT2D eigenvalue weighted by Gasteiger charge is 2.32. The lowest BCUT2D eigenvalue weighted by Gasteiger charge is -2.34. The first-order chi connectivity index (χ1) is 7.53. The molecule has 0 spiro atoms. The highest BCUT2D eigenvalue weighted by atomic mass is 79.9. The van der Waals surface area contributed by atoms with Crippen molar-refractivity contribution in [3.63, 3.8) is 0 Å². The van der Waals surface area contributed by atoms with E-state index in [4.69, 9.17) is 4.74 Å². The highest BCUT2D eigenvalue weighted by molar-refractivity contribution is 9.10. The SMILES string of the molecule is CCNC(c1cscc1Br)C(C)(C)OCC. The van der Waals surface area contributed by atoms with Crippen molar-refractivity contribution in [2.45, 2.75) is 39.3 Å². The molecule has 0 aliphatic rings. The van der Waals surface area contributed by atoms with Gasteiger partial charge in [-0.3, -0.25) is 0 Å². The second-order valence-corrected chi connectivity index (χ2v) is 5.80. The second kappa shape index (κ2) is 6.15. The summed E-state index contributed by atoms with van der Waals surface area (Å²) in [6, 6.07) is 0.220. The van der Waals surface area contributed by atoms with Gasteiger partial charge in [0.15, 0.2) is 0 Å². The second-order valence-electron chi connectivity index (χ2n) is 4.20. The third kappa shape index (κ3) is 3.29. The van der Waals surface area contributed by atoms with E-state index >= 15 is 0 Å². The monoisotopic (exact) mass is 305 g/mol. The molecule has 1 aromatic rings. The summed E-state index contributed by atoms with van der Waals surface area (Å²) < 4.78 is 7.01. The Morgan fingerprint density at radius 1 is 1.44 bits per heavy atom. The molecule has 0 fully saturated rings. The van der Waals surface area contributed by atoms with Gasteiger partial charge in [0.25, 0.3) is 0 Å². The Morgan fingerprint density at radius 3 is 2.56 bits per heavy atom. The maximum absolute atomic E-state index is 5.84. The van der Waals surface area contributed by atoms with Crippen LogP contribution in [0.2, 0.25) is 0 Å². The summed E-state index contributed by atoms with van der Waals surface area (Å²) in [5.41, 5.74) is 1.08. The number of thiophene rings is 1. The lowest BCUT2D eigenvalue weighted by Crippen LogP contribution is -2.41. The Balaban J connectivity index is 2.95. The Bertz CT molecular complexity index is 325. The molecule has 0 aromatic carbocycles. The van der Waals surface area contributed by atoms with Gasteiger partial charge in [-0.15, -0.1) is 0 Å². The summed E-state index contributed by atoms with van der Waals surface area (Å²) in [4.78, 5) is 0. The van der Waals surface area contributed by atoms with Gasteiger partial charge in [0, 0.05) is 16.5 Å². The van der Waals surface area contributed by atoms with E-state index in [2.05, 4.69) is 52.8 Å². The summed E-state index contributed by atoms with van der Waals surface area (Å²) >= 11 is 5.31. The van der Waals surface area contributed by atoms with Gasteiger partial charge in [0.1, 0.15) is 0 Å². The molecule has 0 aliphatic carbocycles. The van der Waals surface area contributed by atoms with Crippen LogP contribution in [0, 0.1) is 0 Å². The molecule has 1 aromatic heterocycles. The van der Waals surface area contributed by atoms with E-state index in [9.17, 15) is 0 Å². The van der Waals surface area contributed by atoms with E-state index in [1.165, 1.54) is 5.56 Å². The quantitative estimate of drug-likeness (QED) is 0.858. The Labute approximate surface area is 111 Å². The number of hydrogen-bond acceptors (Lipinski definition) is 3. The fraction of sp³-hybridized carbons (Fsp3) is 0.667. The Morgan fingerprint density at radius 2 is 2.12 bits per heavy atom. The zero-order valence-corrected chi connectivity index (χ0v) is 12.7. The van der Waals surface area contributed by atoms with Crippen molar-refractivity contribution in [2.75, 3.05) is 13.2 Å². The van der Waals surface area contributed by atoms with Crippen molar-refractivity contribution in [3.05, 3.63) is 20.8 Å². The summed E-state index contributed by atoms with van der Waals surface area (Å²) in [6.07, 6.45) is 0. The van der Waals surface area contributed by atoms with Crippen molar-refractivity contribution in [3.8, 4) is 0 Å². The Kier molecular flexibility index (Phi) is 5.44. The summed E-state index contributed by atoms with van der Waals surface area (Å²) in [7, 11) is 0. The molecule has 0 radical (unpaired) electrons. The normalized spacial score (nSPS) is 14.1. The van der Waals surface area contributed by atoms with Gasteiger partial charge in [-0.25, -0.2) is 0 Å². The van der Waals surface area contributed by atoms with Gasteiger partial charge >= 0.3 is 0 Å². The van der Waals surface area contributed by atoms with E-state index in [0.717, 1.165) is 17.6 Å². The van der Waals surface area contributed by atoms with Crippen LogP contribution >= 0.6 is 27.3 Å². The first-order valence-electron chi connectivity index (χ1n) is 5.61. The maximum atomic E-state index is 5.84. The van der Waals surface area contributed by atoms with Crippen molar-refractivity contribution in [1.82, 2.24) is 5.32 Å². The molecule has 0 saturated heterocycles. The van der Waals surface area contributed by atoms with Crippen LogP contribution in [0.25, 0.3) is 0 Å². The smallest absolute Gasteiger partial charge is 0.0820 e. The maximum Gasteiger partial charge on any atom is 0.0820 e. The number of hydrogen-bond donors (Lipinski definition) is 1. The molecule has 16 heavy (non-hydrogen) atoms. The van der Waals surface area contributed by atoms with E-state index in [1.807, 2.05) is 6.92 Å². The number of ether oxygens (including phenoxy) is 1. The fourth-order valence-corrected chi connectivity index (χ4v) is 3.44. The number of likely N-dealkylation sites (N-methyl/N-ethyl adjacent to an activating group) is 1. The lowest BCUT2D eigenvalue weighted by molar-refractivity contribution is -0.0389. The molecule has 0 bridgehead atoms. The largest absolute Gasteiger partial charge is 0.374 e. The van der Waals surface area contributed by atoms with Crippen molar-refractivity contribution in [2.24, 2.45) is 0 Å². The molecule has 0 saturated carbocycles. The minimum absolute atomic E-state index is 0.200. The molecular formula is C12H20BrNOS. The van der Waals surface area contributed by atoms with Crippen LogP contribution in [0.1, 0.15) is 39.3 Å². The van der Waals surface area contributed by atoms with Crippen molar-refractivity contribution < 1.29 is 4.74 Å². The molecule has 1 rings (SSSR count). The standard InChI is InChI=1S/C12H20BrNOS/c1-5-14-11(12(3,4)15-6-2)9-7-16-8-10(9)13/h7-8,11,14H,5-6H2,1-4H3. The van der Waals surface area contributed by atoms with E-state index in [0.29, 0.717) is 0 Å². The van der Waals surface area contributed by atoms with Crippen LogP contribution in [0.4, 0.5) is 0 Å². The predicted octanol–water partition coefficient (Wildman–Crippen LogP) is 3.98. The van der Waals surface area contributed by atoms with Gasteiger partial charge < -0.3 is 10.1 Å². The average Bonchev–Trinajstić information content (AvgIpc) is 2.60. The van der Waals surface area contributed by atoms with Crippen molar-refractivity contribution in [1.29, 1.82) is 0 Å². The highest BCUT2D eigenvalue weighted by Crippen LogP contribution is 2.35. The van der Waals surface area contributed by atoms with Gasteiger partial charge in [-0.05, 0) is 54.2 Å². The third-order valence-corrected chi connectivity index (χ3v) is 4.32. The molecule has 0 aliphatic heterocycles. The number of halogens is 1. The van der Waals surface area contributed by atoms with Crippen LogP contribution < -0.4 is 5.32 Å². The van der Waals surface area contributed by atoms with Crippen LogP contribution in [0.5, 0.6) is 0 Å². The minimum atomic E-state index is -0.200. The molecule has 1 unspecified atom stereocenters. The summed E-state index contributed by atoms with van der Waals surface area (Å²) in [6.45, 7) is 10.1. The van der Waals surface area contributed by atoms with Gasteiger partial charge in [0.05, 0.1) is 11.6 Å². The van der Waals surface area contributed by atoms with E-state index < -0.39 is 0 Å². The van der Waals surface area contributed by atoms with Gasteiger partial charge in [-0.2, -0.15) is 11.3 Å². The zero-order valence-electron chi connectivity index (χ0n) is 10.3. The van der Waals surface area contributed by atoms with Crippen LogP contribution in [-0.2, 0) is 4.74 Å². The summed E-state index contributed by atoms with van der Waals surface area (Å²) in [5, 5.41) is 7.79. The summed E-state index contributed by atoms with van der Waals surface area (Å²) in [5.74, 6) is 0. The molecule has 1 N–H and O–H groups in total. The minimum Gasteiger partial charge on any atom is -0.374 e. The molecule has 1 heterocycles. The fourth-order valence-electron chi connectivity index (χ4n) is 1.89. The third-order valence-electron chi connectivity index (χ3n) is 2.57. The predicted molar refractivity (Wildman–Crippen MR) is 74.1 cm³/mol. The van der Waals surface area contributed by atoms with Crippen molar-refractivity contribution >= 4 is 27.3 Å². The first-order valence-corrected chi connectivity index (χ1v) is 7.35. The van der Waals surface area contributed by atoms with Gasteiger partial charge in [-0.1, -0.05) is 6.92 Å².